The number of carbonyl (C=O) groups excluding carboxylic acids is 1. The molecule has 0 aliphatic carbocycles. The van der Waals surface area contributed by atoms with E-state index in [-0.39, 0.29) is 41.4 Å². The predicted octanol–water partition coefficient (Wildman–Crippen LogP) is 9.48. The second-order valence-electron chi connectivity index (χ2n) is 15.5. The van der Waals surface area contributed by atoms with Crippen LogP contribution in [0.1, 0.15) is 41.6 Å². The summed E-state index contributed by atoms with van der Waals surface area (Å²) in [5.41, 5.74) is 7.53. The molecule has 2 amide bonds. The zero-order valence-electron chi connectivity index (χ0n) is 33.9. The van der Waals surface area contributed by atoms with Gasteiger partial charge in [0.05, 0.1) is 23.7 Å². The number of nitro groups is 1. The van der Waals surface area contributed by atoms with E-state index in [1.807, 2.05) is 91.0 Å². The van der Waals surface area contributed by atoms with Gasteiger partial charge in [0.2, 0.25) is 0 Å². The van der Waals surface area contributed by atoms with Gasteiger partial charge < -0.3 is 34.9 Å². The number of non-ortho nitro benzene ring substituents is 1. The minimum absolute atomic E-state index is 0.0235. The van der Waals surface area contributed by atoms with Crippen molar-refractivity contribution in [2.45, 2.75) is 38.6 Å². The van der Waals surface area contributed by atoms with Crippen molar-refractivity contribution < 1.29 is 29.0 Å². The predicted molar refractivity (Wildman–Crippen MR) is 235 cm³/mol. The topological polar surface area (TPSA) is 139 Å². The van der Waals surface area contributed by atoms with Crippen LogP contribution in [-0.2, 0) is 22.6 Å². The maximum Gasteiger partial charge on any atom is 0.319 e. The summed E-state index contributed by atoms with van der Waals surface area (Å²) in [4.78, 5) is 28.2. The molecule has 4 atom stereocenters. The van der Waals surface area contributed by atoms with E-state index in [0.717, 1.165) is 77.5 Å². The Morgan fingerprint density at radius 3 is 2.13 bits per heavy atom. The molecule has 6 aromatic rings. The lowest BCUT2D eigenvalue weighted by atomic mass is 9.89. The number of benzene rings is 6. The highest BCUT2D eigenvalue weighted by molar-refractivity contribution is 5.89. The van der Waals surface area contributed by atoms with Crippen molar-refractivity contribution in [1.82, 2.24) is 10.2 Å². The summed E-state index contributed by atoms with van der Waals surface area (Å²) in [7, 11) is 0. The van der Waals surface area contributed by atoms with Gasteiger partial charge >= 0.3 is 6.03 Å². The van der Waals surface area contributed by atoms with Crippen LogP contribution in [0.25, 0.3) is 11.1 Å². The van der Waals surface area contributed by atoms with Gasteiger partial charge in [0.15, 0.2) is 6.29 Å². The highest BCUT2D eigenvalue weighted by Gasteiger charge is 2.39. The lowest BCUT2D eigenvalue weighted by Crippen LogP contribution is -2.51. The molecule has 3 N–H and O–H groups in total. The number of nitrogens with one attached hydrogen (secondary N) is 2. The Bertz CT molecular complexity index is 2370. The van der Waals surface area contributed by atoms with Gasteiger partial charge in [-0.25, -0.2) is 4.79 Å². The third-order valence-electron chi connectivity index (χ3n) is 11.3. The maximum absolute atomic E-state index is 12.8. The summed E-state index contributed by atoms with van der Waals surface area (Å²) in [5, 5.41) is 26.7. The molecule has 0 saturated carbocycles. The quantitative estimate of drug-likeness (QED) is 0.0769. The Kier molecular flexibility index (Phi) is 13.0. The van der Waals surface area contributed by atoms with E-state index < -0.39 is 6.29 Å². The highest BCUT2D eigenvalue weighted by atomic mass is 16.7. The number of rotatable bonds is 13. The molecular formula is C49H49N5O7. The number of amides is 2. The number of aliphatic hydroxyl groups excluding tert-OH is 1. The van der Waals surface area contributed by atoms with E-state index in [2.05, 4.69) is 63.8 Å². The molecule has 2 aliphatic rings. The summed E-state index contributed by atoms with van der Waals surface area (Å²) in [6.45, 7) is 6.50. The first-order valence-electron chi connectivity index (χ1n) is 20.6. The summed E-state index contributed by atoms with van der Waals surface area (Å²) in [5.74, 6) is 1.47. The zero-order chi connectivity index (χ0) is 42.1. The van der Waals surface area contributed by atoms with Gasteiger partial charge in [-0.15, -0.1) is 0 Å². The molecule has 61 heavy (non-hydrogen) atoms. The molecule has 2 fully saturated rings. The van der Waals surface area contributed by atoms with Crippen LogP contribution in [0.2, 0.25) is 0 Å². The zero-order valence-corrected chi connectivity index (χ0v) is 33.9. The Balaban J connectivity index is 0.896. The number of hydrogen-bond acceptors (Lipinski definition) is 9. The Hall–Kier alpha value is -6.57. The molecule has 312 valence electrons. The van der Waals surface area contributed by atoms with Gasteiger partial charge in [0, 0.05) is 74.3 Å². The summed E-state index contributed by atoms with van der Waals surface area (Å²) < 4.78 is 19.4. The number of para-hydroxylation sites is 1. The summed E-state index contributed by atoms with van der Waals surface area (Å²) in [6.07, 6.45) is -0.950. The van der Waals surface area contributed by atoms with Gasteiger partial charge in [-0.1, -0.05) is 91.9 Å². The second-order valence-corrected chi connectivity index (χ2v) is 15.5. The van der Waals surface area contributed by atoms with Crippen LogP contribution in [0.3, 0.4) is 0 Å². The molecule has 2 heterocycles. The fourth-order valence-electron chi connectivity index (χ4n) is 7.84. The van der Waals surface area contributed by atoms with Crippen LogP contribution in [0, 0.1) is 16.0 Å². The van der Waals surface area contributed by atoms with Gasteiger partial charge in [-0.3, -0.25) is 15.0 Å². The molecule has 2 saturated heterocycles. The van der Waals surface area contributed by atoms with Crippen molar-refractivity contribution in [1.29, 1.82) is 0 Å². The molecular weight excluding hydrogens is 771 g/mol. The van der Waals surface area contributed by atoms with Gasteiger partial charge in [-0.2, -0.15) is 0 Å². The van der Waals surface area contributed by atoms with Gasteiger partial charge in [0.25, 0.3) is 5.69 Å². The SMILES string of the molecule is C[C@H]1[C@@H](CN2CCN(c3ccc([N+](=O)[O-])cc3)CC2)O[C@@H](c2ccc(-c3cccc(CNC(=O)Nc4ccc(Oc5ccccc5)cc4)c3)cc2)O[C@H]1c1ccc(CO)cc1. The number of ether oxygens (including phenoxy) is 3. The highest BCUT2D eigenvalue weighted by Crippen LogP contribution is 2.42. The van der Waals surface area contributed by atoms with Crippen molar-refractivity contribution in [2.75, 3.05) is 42.9 Å². The largest absolute Gasteiger partial charge is 0.457 e. The number of piperazine rings is 1. The molecule has 12 nitrogen and oxygen atoms in total. The van der Waals surface area contributed by atoms with E-state index in [0.29, 0.717) is 18.0 Å². The first-order chi connectivity index (χ1) is 29.8. The average Bonchev–Trinajstić information content (AvgIpc) is 3.30. The van der Waals surface area contributed by atoms with Crippen molar-refractivity contribution in [2.24, 2.45) is 5.92 Å². The fraction of sp³-hybridized carbons (Fsp3) is 0.245. The molecule has 0 aromatic heterocycles. The summed E-state index contributed by atoms with van der Waals surface area (Å²) in [6, 6.07) is 47.5. The van der Waals surface area contributed by atoms with Crippen LogP contribution in [0.15, 0.2) is 152 Å². The Morgan fingerprint density at radius 1 is 0.754 bits per heavy atom. The maximum atomic E-state index is 12.8. The van der Waals surface area contributed by atoms with E-state index in [4.69, 9.17) is 14.2 Å². The minimum atomic E-state index is -0.596. The van der Waals surface area contributed by atoms with Crippen molar-refractivity contribution in [3.8, 4) is 22.6 Å². The number of nitrogens with zero attached hydrogens (tertiary/aromatic N) is 3. The van der Waals surface area contributed by atoms with E-state index >= 15 is 0 Å². The Morgan fingerprint density at radius 2 is 1.44 bits per heavy atom. The Labute approximate surface area is 355 Å². The van der Waals surface area contributed by atoms with E-state index in [1.165, 1.54) is 0 Å². The molecule has 0 unspecified atom stereocenters. The van der Waals surface area contributed by atoms with Crippen molar-refractivity contribution in [3.63, 3.8) is 0 Å². The first-order valence-corrected chi connectivity index (χ1v) is 20.6. The number of carbonyl (C=O) groups is 1. The van der Waals surface area contributed by atoms with Crippen LogP contribution in [0.5, 0.6) is 11.5 Å². The molecule has 0 radical (unpaired) electrons. The molecule has 0 spiro atoms. The van der Waals surface area contributed by atoms with Gasteiger partial charge in [0.1, 0.15) is 11.5 Å². The standard InChI is InChI=1S/C49H49N5O7/c1-34-46(32-52-26-28-53(29-27-52)42-20-22-43(23-21-42)54(57)58)60-48(61-47(34)38-12-10-35(33-55)11-13-38)39-16-14-37(15-17-39)40-7-5-6-36(30-40)31-50-49(56)51-41-18-24-45(25-19-41)59-44-8-3-2-4-9-44/h2-25,30,34,46-48,55H,26-29,31-33H2,1H3,(H2,50,51,56)/t34-,46+,47+,48+/m0/s1. The fourth-order valence-corrected chi connectivity index (χ4v) is 7.84. The molecule has 12 heteroatoms. The van der Waals surface area contributed by atoms with Crippen LogP contribution >= 0.6 is 0 Å². The normalized spacial score (nSPS) is 19.2. The first kappa shape index (κ1) is 41.2. The minimum Gasteiger partial charge on any atom is -0.457 e. The lowest BCUT2D eigenvalue weighted by molar-refractivity contribution is -0.384. The number of aliphatic hydroxyl groups is 1. The molecule has 0 bridgehead atoms. The third kappa shape index (κ3) is 10.4. The van der Waals surface area contributed by atoms with Crippen molar-refractivity contribution in [3.05, 3.63) is 184 Å². The number of anilines is 2. The third-order valence-corrected chi connectivity index (χ3v) is 11.3. The van der Waals surface area contributed by atoms with Crippen molar-refractivity contribution >= 4 is 23.1 Å². The van der Waals surface area contributed by atoms with Gasteiger partial charge in [-0.05, 0) is 82.4 Å². The average molecular weight is 820 g/mol. The van der Waals surface area contributed by atoms with E-state index in [1.54, 1.807) is 24.3 Å². The van der Waals surface area contributed by atoms with Crippen LogP contribution in [0.4, 0.5) is 21.9 Å². The van der Waals surface area contributed by atoms with Crippen LogP contribution < -0.4 is 20.3 Å². The smallest absolute Gasteiger partial charge is 0.319 e. The van der Waals surface area contributed by atoms with Crippen LogP contribution in [-0.4, -0.2) is 59.8 Å². The number of urea groups is 1. The number of nitro benzene ring substituents is 1. The monoisotopic (exact) mass is 819 g/mol. The molecule has 2 aliphatic heterocycles. The molecule has 6 aromatic carbocycles. The number of hydrogen-bond donors (Lipinski definition) is 3. The summed E-state index contributed by atoms with van der Waals surface area (Å²) >= 11 is 0. The molecule has 8 rings (SSSR count). The second kappa shape index (κ2) is 19.2. The lowest BCUT2D eigenvalue weighted by Gasteiger charge is -2.44. The van der Waals surface area contributed by atoms with E-state index in [9.17, 15) is 20.0 Å².